The molecule has 1 saturated heterocycles. The molecule has 8 nitrogen and oxygen atoms in total. The van der Waals surface area contributed by atoms with Gasteiger partial charge >= 0.3 is 0 Å². The number of carbonyl (C=O) groups is 1. The number of aliphatic hydroxyl groups is 1. The number of ketones is 1. The minimum atomic E-state index is -1.72. The summed E-state index contributed by atoms with van der Waals surface area (Å²) < 4.78 is 30.3. The molecule has 1 unspecified atom stereocenters. The van der Waals surface area contributed by atoms with E-state index in [-0.39, 0.29) is 41.4 Å². The molecule has 5 aliphatic rings. The van der Waals surface area contributed by atoms with E-state index in [0.29, 0.717) is 22.6 Å². The van der Waals surface area contributed by atoms with Gasteiger partial charge in [0.25, 0.3) is 5.88 Å². The van der Waals surface area contributed by atoms with Gasteiger partial charge in [-0.1, -0.05) is 39.0 Å². The van der Waals surface area contributed by atoms with Crippen LogP contribution < -0.4 is 9.47 Å². The van der Waals surface area contributed by atoms with Crippen molar-refractivity contribution in [1.82, 2.24) is 5.16 Å². The van der Waals surface area contributed by atoms with Crippen LogP contribution in [0.1, 0.15) is 48.0 Å². The number of allylic oxidation sites excluding steroid dienone is 1. The Morgan fingerprint density at radius 2 is 1.95 bits per heavy atom. The number of hydrogen-bond donors (Lipinski definition) is 1. The van der Waals surface area contributed by atoms with Crippen LogP contribution in [-0.2, 0) is 14.3 Å². The number of fused-ring (bicyclic) bond motifs is 6. The van der Waals surface area contributed by atoms with Crippen LogP contribution in [0.4, 0.5) is 0 Å². The smallest absolute Gasteiger partial charge is 0.262 e. The van der Waals surface area contributed by atoms with Gasteiger partial charge in [-0.2, -0.15) is 0 Å². The van der Waals surface area contributed by atoms with E-state index in [1.807, 2.05) is 39.0 Å². The Labute approximate surface area is 228 Å². The van der Waals surface area contributed by atoms with Crippen LogP contribution in [0.15, 0.2) is 46.0 Å². The third-order valence-electron chi connectivity index (χ3n) is 10.5. The van der Waals surface area contributed by atoms with Gasteiger partial charge in [0.05, 0.1) is 24.5 Å². The number of Topliss-reactive ketones (excluding diaryl/α,β-unsaturated/α-hetero) is 1. The minimum absolute atomic E-state index is 0.0519. The number of carbonyl (C=O) groups excluding carboxylic acids is 1. The van der Waals surface area contributed by atoms with Gasteiger partial charge in [0, 0.05) is 5.92 Å². The summed E-state index contributed by atoms with van der Waals surface area (Å²) in [4.78, 5) is 14.8. The maximum absolute atomic E-state index is 14.8. The lowest BCUT2D eigenvalue weighted by Gasteiger charge is -2.52. The molecule has 2 heterocycles. The topological polar surface area (TPSA) is 100 Å². The van der Waals surface area contributed by atoms with Crippen LogP contribution >= 0.6 is 0 Å². The van der Waals surface area contributed by atoms with Crippen LogP contribution in [0.25, 0.3) is 11.0 Å². The van der Waals surface area contributed by atoms with E-state index in [9.17, 15) is 9.90 Å². The van der Waals surface area contributed by atoms with Crippen molar-refractivity contribution in [2.45, 2.75) is 71.6 Å². The van der Waals surface area contributed by atoms with E-state index in [4.69, 9.17) is 23.5 Å². The van der Waals surface area contributed by atoms with Crippen molar-refractivity contribution in [3.05, 3.63) is 41.5 Å². The Bertz CT molecular complexity index is 1450. The molecular formula is C31H37NO7. The molecule has 1 spiro atoms. The zero-order chi connectivity index (χ0) is 27.7. The van der Waals surface area contributed by atoms with Crippen LogP contribution in [0.5, 0.6) is 11.6 Å². The highest BCUT2D eigenvalue weighted by molar-refractivity contribution is 5.95. The molecule has 8 atom stereocenters. The highest BCUT2D eigenvalue weighted by Gasteiger charge is 2.77. The molecule has 0 radical (unpaired) electrons. The number of methoxy groups -OCH3 is 1. The Hall–Kier alpha value is -2.68. The zero-order valence-electron chi connectivity index (χ0n) is 23.6. The second-order valence-corrected chi connectivity index (χ2v) is 13.3. The van der Waals surface area contributed by atoms with Gasteiger partial charge in [-0.15, -0.1) is 0 Å². The fraction of sp³-hybridized carbons (Fsp3) is 0.613. The minimum Gasteiger partial charge on any atom is -0.493 e. The van der Waals surface area contributed by atoms with Crippen molar-refractivity contribution in [1.29, 1.82) is 0 Å². The molecule has 4 aliphatic carbocycles. The van der Waals surface area contributed by atoms with Crippen molar-refractivity contribution >= 4 is 16.8 Å². The number of benzene rings is 1. The summed E-state index contributed by atoms with van der Waals surface area (Å²) in [6.45, 7) is 12.5. The second kappa shape index (κ2) is 7.74. The van der Waals surface area contributed by atoms with Crippen molar-refractivity contribution in [3.63, 3.8) is 0 Å². The third kappa shape index (κ3) is 3.05. The number of para-hydroxylation sites is 1. The number of hydrogen-bond acceptors (Lipinski definition) is 8. The molecule has 208 valence electrons. The fourth-order valence-electron chi connectivity index (χ4n) is 8.57. The van der Waals surface area contributed by atoms with Crippen molar-refractivity contribution in [3.8, 4) is 11.6 Å². The normalized spacial score (nSPS) is 41.4. The Balaban J connectivity index is 1.41. The fourth-order valence-corrected chi connectivity index (χ4v) is 8.57. The van der Waals surface area contributed by atoms with E-state index >= 15 is 0 Å². The Kier molecular flexibility index (Phi) is 5.02. The van der Waals surface area contributed by atoms with Crippen molar-refractivity contribution < 1.29 is 33.4 Å². The zero-order valence-corrected chi connectivity index (χ0v) is 23.6. The molecule has 2 saturated carbocycles. The van der Waals surface area contributed by atoms with Crippen LogP contribution in [0, 0.1) is 34.5 Å². The van der Waals surface area contributed by atoms with Gasteiger partial charge in [0.2, 0.25) is 5.58 Å². The third-order valence-corrected chi connectivity index (χ3v) is 10.5. The van der Waals surface area contributed by atoms with Crippen molar-refractivity contribution in [2.75, 3.05) is 13.7 Å². The van der Waals surface area contributed by atoms with E-state index < -0.39 is 29.0 Å². The summed E-state index contributed by atoms with van der Waals surface area (Å²) in [7, 11) is 1.57. The van der Waals surface area contributed by atoms with E-state index in [1.54, 1.807) is 13.2 Å². The average Bonchev–Trinajstić information content (AvgIpc) is 3.16. The lowest BCUT2D eigenvalue weighted by atomic mass is 9.59. The van der Waals surface area contributed by atoms with Gasteiger partial charge in [-0.25, -0.2) is 0 Å². The summed E-state index contributed by atoms with van der Waals surface area (Å²) in [5.41, 5.74) is -0.811. The van der Waals surface area contributed by atoms with Gasteiger partial charge in [-0.05, 0) is 78.8 Å². The first-order valence-electron chi connectivity index (χ1n) is 13.9. The Morgan fingerprint density at radius 1 is 1.18 bits per heavy atom. The summed E-state index contributed by atoms with van der Waals surface area (Å²) in [5, 5.41) is 18.1. The van der Waals surface area contributed by atoms with Crippen LogP contribution in [-0.4, -0.2) is 53.4 Å². The highest BCUT2D eigenvalue weighted by atomic mass is 16.7. The SMILES string of the molecule is COc1cccc2c(O[C@H]3C(C)=CC45C(=O)[C@@H](C=C6COC(C)(C)O[C@H]6[C@]34O)[C@H]3[C@@H](C[C@H]5C)C3(C)C)noc12. The largest absolute Gasteiger partial charge is 0.493 e. The standard InChI is InChI=1S/C31H37NO7/c1-15-13-30-16(2)11-20-22(28(20,3)4)19(24(30)33)12-17-14-36-29(5,6)38-26(17)31(30,34)25(15)37-27-18-9-8-10-21(35-7)23(18)39-32-27/h8-10,12-13,16,19-20,22,25-26,34H,11,14H2,1-7H3/t16-,19+,20-,22+,25+,26-,30?,31-/m1/s1. The first kappa shape index (κ1) is 25.3. The van der Waals surface area contributed by atoms with Crippen LogP contribution in [0.3, 0.4) is 0 Å². The van der Waals surface area contributed by atoms with Crippen LogP contribution in [0.2, 0.25) is 0 Å². The molecule has 39 heavy (non-hydrogen) atoms. The molecule has 1 aromatic heterocycles. The molecule has 2 bridgehead atoms. The summed E-state index contributed by atoms with van der Waals surface area (Å²) in [6, 6.07) is 5.47. The maximum Gasteiger partial charge on any atom is 0.262 e. The maximum atomic E-state index is 14.8. The molecule has 1 aromatic carbocycles. The quantitative estimate of drug-likeness (QED) is 0.557. The lowest BCUT2D eigenvalue weighted by Crippen LogP contribution is -2.68. The number of ether oxygens (including phenoxy) is 4. The predicted octanol–water partition coefficient (Wildman–Crippen LogP) is 4.85. The lowest BCUT2D eigenvalue weighted by molar-refractivity contribution is -0.301. The van der Waals surface area contributed by atoms with E-state index in [1.165, 1.54) is 0 Å². The summed E-state index contributed by atoms with van der Waals surface area (Å²) in [5.74, 6) is 0.0486. The average molecular weight is 536 g/mol. The number of rotatable bonds is 3. The highest BCUT2D eigenvalue weighted by Crippen LogP contribution is 2.72. The monoisotopic (exact) mass is 535 g/mol. The second-order valence-electron chi connectivity index (χ2n) is 13.3. The molecule has 1 N–H and O–H groups in total. The molecule has 7 rings (SSSR count). The first-order chi connectivity index (χ1) is 18.4. The van der Waals surface area contributed by atoms with Gasteiger partial charge in [0.1, 0.15) is 6.10 Å². The molecular weight excluding hydrogens is 498 g/mol. The number of nitrogens with zero attached hydrogens (tertiary/aromatic N) is 1. The first-order valence-corrected chi connectivity index (χ1v) is 13.9. The summed E-state index contributed by atoms with van der Waals surface area (Å²) >= 11 is 0. The molecule has 3 fully saturated rings. The molecule has 1 aliphatic heterocycles. The van der Waals surface area contributed by atoms with E-state index in [0.717, 1.165) is 17.6 Å². The molecule has 8 heteroatoms. The predicted molar refractivity (Wildman–Crippen MR) is 142 cm³/mol. The molecule has 0 amide bonds. The van der Waals surface area contributed by atoms with Gasteiger partial charge < -0.3 is 28.6 Å². The summed E-state index contributed by atoms with van der Waals surface area (Å²) in [6.07, 6.45) is 3.19. The number of aromatic nitrogens is 1. The van der Waals surface area contributed by atoms with Gasteiger partial charge in [-0.3, -0.25) is 4.79 Å². The van der Waals surface area contributed by atoms with Gasteiger partial charge in [0.15, 0.2) is 29.0 Å². The Morgan fingerprint density at radius 3 is 2.69 bits per heavy atom. The molecule has 2 aromatic rings. The van der Waals surface area contributed by atoms with E-state index in [2.05, 4.69) is 32.0 Å². The van der Waals surface area contributed by atoms with Crippen molar-refractivity contribution in [2.24, 2.45) is 34.5 Å².